The molecule has 0 heterocycles. The average Bonchev–Trinajstić information content (AvgIpc) is 2.46. The van der Waals surface area contributed by atoms with Crippen LogP contribution in [0.25, 0.3) is 0 Å². The van der Waals surface area contributed by atoms with Gasteiger partial charge in [-0.15, -0.1) is 0 Å². The second-order valence-corrected chi connectivity index (χ2v) is 4.73. The van der Waals surface area contributed by atoms with Crippen LogP contribution >= 0.6 is 0 Å². The van der Waals surface area contributed by atoms with E-state index in [1.807, 2.05) is 0 Å². The minimum absolute atomic E-state index is 0.317. The van der Waals surface area contributed by atoms with Gasteiger partial charge in [-0.05, 0) is 24.8 Å². The molecule has 0 saturated heterocycles. The van der Waals surface area contributed by atoms with E-state index in [9.17, 15) is 4.79 Å². The molecule has 0 fully saturated rings. The molecule has 0 spiro atoms. The molecule has 0 bridgehead atoms. The zero-order chi connectivity index (χ0) is 13.8. The van der Waals surface area contributed by atoms with E-state index in [-0.39, 0.29) is 5.97 Å². The third kappa shape index (κ3) is 8.20. The van der Waals surface area contributed by atoms with E-state index in [4.69, 9.17) is 4.74 Å². The van der Waals surface area contributed by atoms with Crippen molar-refractivity contribution in [2.75, 3.05) is 6.61 Å². The summed E-state index contributed by atoms with van der Waals surface area (Å²) in [5.41, 5.74) is 1.43. The van der Waals surface area contributed by atoms with E-state index < -0.39 is 0 Å². The van der Waals surface area contributed by atoms with Crippen molar-refractivity contribution in [3.8, 4) is 0 Å². The molecule has 0 atom stereocenters. The lowest BCUT2D eigenvalue weighted by Crippen LogP contribution is -2.01. The molecule has 0 radical (unpaired) electrons. The fourth-order valence-electron chi connectivity index (χ4n) is 2.01. The molecule has 2 nitrogen and oxygen atoms in total. The number of carbonyl (C=O) groups excluding carboxylic acids is 1. The summed E-state index contributed by atoms with van der Waals surface area (Å²) in [6.07, 6.45) is 9.51. The first-order valence-electron chi connectivity index (χ1n) is 7.16. The van der Waals surface area contributed by atoms with Crippen LogP contribution in [-0.2, 0) is 16.0 Å². The van der Waals surface area contributed by atoms with Gasteiger partial charge in [0.2, 0.25) is 0 Å². The number of hydrogen-bond donors (Lipinski definition) is 0. The topological polar surface area (TPSA) is 26.3 Å². The average molecular weight is 260 g/mol. The van der Waals surface area contributed by atoms with Crippen LogP contribution in [-0.4, -0.2) is 12.6 Å². The maximum absolute atomic E-state index is 10.8. The van der Waals surface area contributed by atoms with E-state index >= 15 is 0 Å². The minimum atomic E-state index is -0.317. The Bertz CT molecular complexity index is 357. The molecule has 1 rings (SSSR count). The Balaban J connectivity index is 1.86. The van der Waals surface area contributed by atoms with E-state index in [0.717, 1.165) is 12.8 Å². The van der Waals surface area contributed by atoms with Crippen molar-refractivity contribution in [3.05, 3.63) is 48.6 Å². The molecule has 0 saturated carbocycles. The van der Waals surface area contributed by atoms with Gasteiger partial charge in [-0.3, -0.25) is 0 Å². The summed E-state index contributed by atoms with van der Waals surface area (Å²) in [4.78, 5) is 10.8. The molecule has 0 aliphatic carbocycles. The van der Waals surface area contributed by atoms with Crippen LogP contribution in [0.1, 0.15) is 44.1 Å². The molecule has 0 aliphatic rings. The Morgan fingerprint density at radius 2 is 1.63 bits per heavy atom. The Morgan fingerprint density at radius 1 is 1.00 bits per heavy atom. The zero-order valence-electron chi connectivity index (χ0n) is 11.6. The highest BCUT2D eigenvalue weighted by Crippen LogP contribution is 2.09. The fourth-order valence-corrected chi connectivity index (χ4v) is 2.01. The standard InChI is InChI=1S/C17H24O2/c1-2-17(18)19-15-11-6-4-3-5-8-12-16-13-9-7-10-14-16/h2,7,9-10,13-14H,1,3-6,8,11-12,15H2. The van der Waals surface area contributed by atoms with Gasteiger partial charge in [0.15, 0.2) is 0 Å². The Kier molecular flexibility index (Phi) is 8.45. The summed E-state index contributed by atoms with van der Waals surface area (Å²) in [5, 5.41) is 0. The SMILES string of the molecule is C=CC(=O)OCCCCCCCCc1ccccc1. The Morgan fingerprint density at radius 3 is 2.32 bits per heavy atom. The van der Waals surface area contributed by atoms with Crippen molar-refractivity contribution in [2.45, 2.75) is 44.9 Å². The summed E-state index contributed by atoms with van der Waals surface area (Å²) in [5.74, 6) is -0.317. The van der Waals surface area contributed by atoms with Crippen LogP contribution in [0.4, 0.5) is 0 Å². The first kappa shape index (κ1) is 15.5. The maximum atomic E-state index is 10.8. The second-order valence-electron chi connectivity index (χ2n) is 4.73. The van der Waals surface area contributed by atoms with Gasteiger partial charge in [0, 0.05) is 6.08 Å². The van der Waals surface area contributed by atoms with Gasteiger partial charge in [-0.25, -0.2) is 4.79 Å². The molecule has 0 aliphatic heterocycles. The number of unbranched alkanes of at least 4 members (excludes halogenated alkanes) is 5. The molecule has 0 unspecified atom stereocenters. The van der Waals surface area contributed by atoms with Gasteiger partial charge in [0.1, 0.15) is 0 Å². The third-order valence-corrected chi connectivity index (χ3v) is 3.11. The zero-order valence-corrected chi connectivity index (χ0v) is 11.6. The van der Waals surface area contributed by atoms with E-state index in [0.29, 0.717) is 6.61 Å². The van der Waals surface area contributed by atoms with Crippen molar-refractivity contribution in [1.29, 1.82) is 0 Å². The molecule has 0 aromatic heterocycles. The molecule has 19 heavy (non-hydrogen) atoms. The van der Waals surface area contributed by atoms with Crippen LogP contribution in [0.15, 0.2) is 43.0 Å². The summed E-state index contributed by atoms with van der Waals surface area (Å²) in [6, 6.07) is 10.6. The van der Waals surface area contributed by atoms with Gasteiger partial charge in [-0.1, -0.05) is 62.6 Å². The summed E-state index contributed by atoms with van der Waals surface area (Å²) in [6.45, 7) is 3.88. The molecule has 1 aromatic rings. The number of aryl methyl sites for hydroxylation is 1. The van der Waals surface area contributed by atoms with Crippen LogP contribution in [0, 0.1) is 0 Å². The van der Waals surface area contributed by atoms with Gasteiger partial charge in [0.25, 0.3) is 0 Å². The smallest absolute Gasteiger partial charge is 0.330 e. The third-order valence-electron chi connectivity index (χ3n) is 3.11. The Labute approximate surface area is 116 Å². The van der Waals surface area contributed by atoms with Crippen molar-refractivity contribution in [2.24, 2.45) is 0 Å². The van der Waals surface area contributed by atoms with Crippen LogP contribution < -0.4 is 0 Å². The highest BCUT2D eigenvalue weighted by molar-refractivity contribution is 5.81. The largest absolute Gasteiger partial charge is 0.463 e. The number of rotatable bonds is 10. The summed E-state index contributed by atoms with van der Waals surface area (Å²) < 4.78 is 4.92. The molecular weight excluding hydrogens is 236 g/mol. The Hall–Kier alpha value is -1.57. The highest BCUT2D eigenvalue weighted by Gasteiger charge is 1.96. The first-order chi connectivity index (χ1) is 9.33. The van der Waals surface area contributed by atoms with Gasteiger partial charge >= 0.3 is 5.97 Å². The number of hydrogen-bond acceptors (Lipinski definition) is 2. The lowest BCUT2D eigenvalue weighted by Gasteiger charge is -2.03. The van der Waals surface area contributed by atoms with E-state index in [2.05, 4.69) is 36.9 Å². The molecule has 104 valence electrons. The van der Waals surface area contributed by atoms with Gasteiger partial charge in [0.05, 0.1) is 6.61 Å². The van der Waals surface area contributed by atoms with Crippen LogP contribution in [0.3, 0.4) is 0 Å². The van der Waals surface area contributed by atoms with Crippen LogP contribution in [0.2, 0.25) is 0 Å². The molecule has 2 heteroatoms. The van der Waals surface area contributed by atoms with Gasteiger partial charge in [-0.2, -0.15) is 0 Å². The molecule has 0 N–H and O–H groups in total. The fraction of sp³-hybridized carbons (Fsp3) is 0.471. The van der Waals surface area contributed by atoms with Crippen molar-refractivity contribution in [3.63, 3.8) is 0 Å². The normalized spacial score (nSPS) is 10.1. The maximum Gasteiger partial charge on any atom is 0.330 e. The van der Waals surface area contributed by atoms with E-state index in [1.165, 1.54) is 43.7 Å². The predicted molar refractivity (Wildman–Crippen MR) is 79.0 cm³/mol. The summed E-state index contributed by atoms with van der Waals surface area (Å²) in [7, 11) is 0. The number of benzene rings is 1. The first-order valence-corrected chi connectivity index (χ1v) is 7.16. The number of carbonyl (C=O) groups is 1. The summed E-state index contributed by atoms with van der Waals surface area (Å²) >= 11 is 0. The predicted octanol–water partition coefficient (Wildman–Crippen LogP) is 4.30. The minimum Gasteiger partial charge on any atom is -0.463 e. The monoisotopic (exact) mass is 260 g/mol. The van der Waals surface area contributed by atoms with E-state index in [1.54, 1.807) is 0 Å². The number of ether oxygens (including phenoxy) is 1. The van der Waals surface area contributed by atoms with Crippen molar-refractivity contribution < 1.29 is 9.53 Å². The highest BCUT2D eigenvalue weighted by atomic mass is 16.5. The lowest BCUT2D eigenvalue weighted by molar-refractivity contribution is -0.137. The molecule has 1 aromatic carbocycles. The van der Waals surface area contributed by atoms with Gasteiger partial charge < -0.3 is 4.74 Å². The van der Waals surface area contributed by atoms with Crippen molar-refractivity contribution >= 4 is 5.97 Å². The van der Waals surface area contributed by atoms with Crippen LogP contribution in [0.5, 0.6) is 0 Å². The van der Waals surface area contributed by atoms with Crippen molar-refractivity contribution in [1.82, 2.24) is 0 Å². The molecular formula is C17H24O2. The second kappa shape index (κ2) is 10.4. The number of esters is 1. The quantitative estimate of drug-likeness (QED) is 0.356. The lowest BCUT2D eigenvalue weighted by atomic mass is 10.1. The molecule has 0 amide bonds.